The van der Waals surface area contributed by atoms with E-state index in [-0.39, 0.29) is 18.1 Å². The second kappa shape index (κ2) is 11.4. The molecule has 1 saturated carbocycles. The fourth-order valence-corrected chi connectivity index (χ4v) is 7.59. The first-order valence-corrected chi connectivity index (χ1v) is 14.3. The van der Waals surface area contributed by atoms with Gasteiger partial charge in [-0.15, -0.1) is 0 Å². The molecule has 7 atom stereocenters. The SMILES string of the molecule is CCN(/C=C1/C(=O)O[C@H](COC)[C@]2(C)C3=C(C(=O)C(=O)C12)C1CC[C@H](O)[C@@]1(C)C[C@H]3OC(C)=O)CCCN(C)C. The molecule has 0 aromatic rings. The number of carbonyl (C=O) groups excluding carboxylic acids is 4. The topological polar surface area (TPSA) is 123 Å². The third kappa shape index (κ3) is 4.92. The minimum atomic E-state index is -1.19. The van der Waals surface area contributed by atoms with E-state index in [1.54, 1.807) is 6.20 Å². The fraction of sp³-hybridized carbons (Fsp3) is 0.733. The third-order valence-corrected chi connectivity index (χ3v) is 9.65. The normalized spacial score (nSPS) is 36.4. The van der Waals surface area contributed by atoms with Gasteiger partial charge in [-0.2, -0.15) is 0 Å². The van der Waals surface area contributed by atoms with E-state index in [1.807, 2.05) is 39.8 Å². The van der Waals surface area contributed by atoms with Crippen LogP contribution in [0.25, 0.3) is 0 Å². The smallest absolute Gasteiger partial charge is 0.336 e. The Morgan fingerprint density at radius 2 is 1.88 bits per heavy atom. The summed E-state index contributed by atoms with van der Waals surface area (Å²) < 4.78 is 17.3. The number of hydrogen-bond donors (Lipinski definition) is 1. The van der Waals surface area contributed by atoms with Crippen molar-refractivity contribution in [2.75, 3.05) is 47.4 Å². The van der Waals surface area contributed by atoms with E-state index in [9.17, 15) is 24.3 Å². The van der Waals surface area contributed by atoms with Crippen molar-refractivity contribution >= 4 is 23.5 Å². The zero-order valence-corrected chi connectivity index (χ0v) is 24.8. The molecule has 2 fully saturated rings. The molecule has 0 aromatic heterocycles. The lowest BCUT2D eigenvalue weighted by molar-refractivity contribution is -0.175. The molecule has 1 saturated heterocycles. The van der Waals surface area contributed by atoms with Crippen LogP contribution >= 0.6 is 0 Å². The van der Waals surface area contributed by atoms with Crippen molar-refractivity contribution in [3.05, 3.63) is 22.9 Å². The maximum Gasteiger partial charge on any atom is 0.336 e. The molecule has 1 aliphatic heterocycles. The maximum atomic E-state index is 14.1. The van der Waals surface area contributed by atoms with Crippen molar-refractivity contribution in [3.8, 4) is 0 Å². The molecule has 3 aliphatic carbocycles. The number of aliphatic hydroxyl groups is 1. The summed E-state index contributed by atoms with van der Waals surface area (Å²) >= 11 is 0. The number of aliphatic hydroxyl groups excluding tert-OH is 1. The predicted molar refractivity (Wildman–Crippen MR) is 146 cm³/mol. The summed E-state index contributed by atoms with van der Waals surface area (Å²) in [5.41, 5.74) is -0.937. The first-order chi connectivity index (χ1) is 18.8. The van der Waals surface area contributed by atoms with E-state index in [1.165, 1.54) is 14.0 Å². The van der Waals surface area contributed by atoms with Gasteiger partial charge < -0.3 is 29.1 Å². The van der Waals surface area contributed by atoms with Crippen LogP contribution < -0.4 is 0 Å². The van der Waals surface area contributed by atoms with Crippen molar-refractivity contribution in [2.24, 2.45) is 22.7 Å². The van der Waals surface area contributed by atoms with Gasteiger partial charge >= 0.3 is 11.9 Å². The van der Waals surface area contributed by atoms with Crippen LogP contribution in [0.5, 0.6) is 0 Å². The van der Waals surface area contributed by atoms with Gasteiger partial charge in [0.15, 0.2) is 0 Å². The lowest BCUT2D eigenvalue weighted by atomic mass is 9.50. The number of ether oxygens (including phenoxy) is 3. The molecule has 4 rings (SSSR count). The number of fused-ring (bicyclic) bond motifs is 4. The average molecular weight is 561 g/mol. The van der Waals surface area contributed by atoms with Crippen molar-refractivity contribution in [1.82, 2.24) is 9.80 Å². The Labute approximate surface area is 236 Å². The molecule has 0 radical (unpaired) electrons. The standard InChI is InChI=1S/C30H44N2O8/c1-8-32(13-9-12-31(5)6)15-18-24-27(36)26(35)23-19-10-11-21(34)29(19,3)14-20(39-17(2)33)25(23)30(24,4)22(16-38-7)40-28(18)37/h15,19-22,24,34H,8-14,16H2,1-7H3/b18-15+/t19?,20-,21+,22-,24?,29+,30+/m1/s1. The van der Waals surface area contributed by atoms with Gasteiger partial charge in [-0.05, 0) is 64.7 Å². The number of cyclic esters (lactones) is 1. The Morgan fingerprint density at radius 1 is 1.18 bits per heavy atom. The van der Waals surface area contributed by atoms with Crippen LogP contribution in [0.1, 0.15) is 53.4 Å². The summed E-state index contributed by atoms with van der Waals surface area (Å²) in [4.78, 5) is 58.0. The molecule has 0 spiro atoms. The van der Waals surface area contributed by atoms with Crippen molar-refractivity contribution in [2.45, 2.75) is 71.7 Å². The van der Waals surface area contributed by atoms with Gasteiger partial charge in [0.1, 0.15) is 12.2 Å². The van der Waals surface area contributed by atoms with Gasteiger partial charge in [-0.25, -0.2) is 4.79 Å². The van der Waals surface area contributed by atoms with Crippen LogP contribution in [0.3, 0.4) is 0 Å². The zero-order chi connectivity index (χ0) is 29.6. The predicted octanol–water partition coefficient (Wildman–Crippen LogP) is 1.90. The first kappa shape index (κ1) is 30.4. The van der Waals surface area contributed by atoms with Gasteiger partial charge in [0.2, 0.25) is 11.6 Å². The highest BCUT2D eigenvalue weighted by Crippen LogP contribution is 2.63. The van der Waals surface area contributed by atoms with Crippen LogP contribution in [0.2, 0.25) is 0 Å². The van der Waals surface area contributed by atoms with Gasteiger partial charge in [0.25, 0.3) is 0 Å². The molecule has 1 heterocycles. The minimum Gasteiger partial charge on any atom is -0.458 e. The van der Waals surface area contributed by atoms with Crippen molar-refractivity contribution in [3.63, 3.8) is 0 Å². The molecule has 222 valence electrons. The molecule has 10 heteroatoms. The van der Waals surface area contributed by atoms with Gasteiger partial charge in [-0.3, -0.25) is 14.4 Å². The summed E-state index contributed by atoms with van der Waals surface area (Å²) in [5.74, 6) is -3.99. The Bertz CT molecular complexity index is 1130. The Balaban J connectivity index is 1.91. The lowest BCUT2D eigenvalue weighted by Crippen LogP contribution is -2.63. The van der Waals surface area contributed by atoms with Crippen LogP contribution in [0.4, 0.5) is 0 Å². The number of ketones is 2. The van der Waals surface area contributed by atoms with Crippen molar-refractivity contribution < 1.29 is 38.5 Å². The van der Waals surface area contributed by atoms with Gasteiger partial charge in [0.05, 0.1) is 24.2 Å². The number of allylic oxidation sites excluding steroid dienone is 1. The highest BCUT2D eigenvalue weighted by molar-refractivity contribution is 6.47. The number of rotatable bonds is 9. The average Bonchev–Trinajstić information content (AvgIpc) is 3.17. The second-order valence-electron chi connectivity index (χ2n) is 12.4. The van der Waals surface area contributed by atoms with E-state index in [0.717, 1.165) is 13.0 Å². The largest absolute Gasteiger partial charge is 0.458 e. The van der Waals surface area contributed by atoms with E-state index in [4.69, 9.17) is 14.2 Å². The Hall–Kier alpha value is -2.56. The van der Waals surface area contributed by atoms with E-state index in [0.29, 0.717) is 43.5 Å². The number of Topliss-reactive ketones (excluding diaryl/α,β-unsaturated/α-hetero) is 2. The summed E-state index contributed by atoms with van der Waals surface area (Å²) in [6.45, 7) is 9.10. The summed E-state index contributed by atoms with van der Waals surface area (Å²) in [6.07, 6.45) is 1.40. The fourth-order valence-electron chi connectivity index (χ4n) is 7.59. The second-order valence-corrected chi connectivity index (χ2v) is 12.4. The molecule has 0 amide bonds. The van der Waals surface area contributed by atoms with E-state index >= 15 is 0 Å². The molecule has 0 aromatic carbocycles. The van der Waals surface area contributed by atoms with Crippen molar-refractivity contribution in [1.29, 1.82) is 0 Å². The van der Waals surface area contributed by atoms with E-state index < -0.39 is 58.6 Å². The maximum absolute atomic E-state index is 14.1. The summed E-state index contributed by atoms with van der Waals surface area (Å²) in [5, 5.41) is 11.0. The quantitative estimate of drug-likeness (QED) is 0.254. The number of esters is 2. The first-order valence-electron chi connectivity index (χ1n) is 14.3. The molecule has 40 heavy (non-hydrogen) atoms. The highest BCUT2D eigenvalue weighted by Gasteiger charge is 2.67. The van der Waals surface area contributed by atoms with Crippen LogP contribution in [0.15, 0.2) is 22.9 Å². The molecular weight excluding hydrogens is 516 g/mol. The summed E-state index contributed by atoms with van der Waals surface area (Å²) in [7, 11) is 5.47. The number of carbonyl (C=O) groups is 4. The molecule has 2 unspecified atom stereocenters. The highest BCUT2D eigenvalue weighted by atomic mass is 16.6. The van der Waals surface area contributed by atoms with Crippen LogP contribution in [-0.4, -0.2) is 104 Å². The van der Waals surface area contributed by atoms with E-state index in [2.05, 4.69) is 4.90 Å². The molecular formula is C30H44N2O8. The number of hydrogen-bond acceptors (Lipinski definition) is 10. The Morgan fingerprint density at radius 3 is 2.48 bits per heavy atom. The van der Waals surface area contributed by atoms with Gasteiger partial charge in [-0.1, -0.05) is 13.8 Å². The van der Waals surface area contributed by atoms with Crippen LogP contribution in [-0.2, 0) is 33.4 Å². The molecule has 10 nitrogen and oxygen atoms in total. The monoisotopic (exact) mass is 560 g/mol. The number of methoxy groups -OCH3 is 1. The van der Waals surface area contributed by atoms with Crippen LogP contribution in [0, 0.1) is 22.7 Å². The minimum absolute atomic E-state index is 0.00193. The molecule has 4 aliphatic rings. The molecule has 0 bridgehead atoms. The lowest BCUT2D eigenvalue weighted by Gasteiger charge is -2.56. The van der Waals surface area contributed by atoms with Gasteiger partial charge in [0, 0.05) is 49.7 Å². The Kier molecular flexibility index (Phi) is 8.64. The third-order valence-electron chi connectivity index (χ3n) is 9.65. The zero-order valence-electron chi connectivity index (χ0n) is 24.8. The number of nitrogens with zero attached hydrogens (tertiary/aromatic N) is 2. The molecule has 1 N–H and O–H groups in total. The summed E-state index contributed by atoms with van der Waals surface area (Å²) in [6, 6.07) is 0.